The second-order valence-corrected chi connectivity index (χ2v) is 2.80. The highest BCUT2D eigenvalue weighted by Gasteiger charge is 2.02. The molecule has 0 aromatic carbocycles. The summed E-state index contributed by atoms with van der Waals surface area (Å²) in [6.45, 7) is 7.60. The zero-order chi connectivity index (χ0) is 10.1. The van der Waals surface area contributed by atoms with Gasteiger partial charge in [0.25, 0.3) is 0 Å². The lowest BCUT2D eigenvalue weighted by molar-refractivity contribution is -0.139. The van der Waals surface area contributed by atoms with Crippen molar-refractivity contribution in [1.29, 1.82) is 0 Å². The zero-order valence-electron chi connectivity index (χ0n) is 8.51. The Morgan fingerprint density at radius 3 is 2.62 bits per heavy atom. The minimum atomic E-state index is -0.165. The maximum absolute atomic E-state index is 11.1. The number of carbonyl (C=O) groups excluding carboxylic acids is 1. The van der Waals surface area contributed by atoms with Gasteiger partial charge in [0, 0.05) is 6.42 Å². The molecule has 74 valence electrons. The molecule has 0 atom stereocenters. The molecule has 0 saturated heterocycles. The van der Waals surface area contributed by atoms with Crippen molar-refractivity contribution in [3.8, 4) is 0 Å². The van der Waals surface area contributed by atoms with Gasteiger partial charge < -0.3 is 4.74 Å². The minimum absolute atomic E-state index is 0.165. The summed E-state index contributed by atoms with van der Waals surface area (Å²) in [5, 5.41) is 0. The van der Waals surface area contributed by atoms with Gasteiger partial charge in [-0.05, 0) is 25.0 Å². The highest BCUT2D eigenvalue weighted by Crippen LogP contribution is 2.04. The van der Waals surface area contributed by atoms with E-state index in [1.165, 1.54) is 0 Å². The first-order chi connectivity index (χ1) is 6.24. The maximum atomic E-state index is 11.1. The van der Waals surface area contributed by atoms with Crippen molar-refractivity contribution in [2.45, 2.75) is 39.5 Å². The summed E-state index contributed by atoms with van der Waals surface area (Å²) in [5.41, 5.74) is 0. The predicted octanol–water partition coefficient (Wildman–Crippen LogP) is 3.20. The lowest BCUT2D eigenvalue weighted by Gasteiger charge is -2.03. The number of rotatable bonds is 6. The SMILES string of the molecule is C=C/C(=C\CC)OC(=O)CCCC. The largest absolute Gasteiger partial charge is 0.427 e. The van der Waals surface area contributed by atoms with Crippen molar-refractivity contribution >= 4 is 5.97 Å². The molecule has 0 bridgehead atoms. The van der Waals surface area contributed by atoms with E-state index in [4.69, 9.17) is 4.74 Å². The first kappa shape index (κ1) is 11.9. The Morgan fingerprint density at radius 2 is 2.15 bits per heavy atom. The van der Waals surface area contributed by atoms with Crippen molar-refractivity contribution in [2.24, 2.45) is 0 Å². The van der Waals surface area contributed by atoms with E-state index in [2.05, 4.69) is 6.58 Å². The summed E-state index contributed by atoms with van der Waals surface area (Å²) in [6, 6.07) is 0. The van der Waals surface area contributed by atoms with Crippen LogP contribution in [0, 0.1) is 0 Å². The molecule has 0 aromatic rings. The summed E-state index contributed by atoms with van der Waals surface area (Å²) in [4.78, 5) is 11.1. The van der Waals surface area contributed by atoms with Crippen molar-refractivity contribution in [2.75, 3.05) is 0 Å². The maximum Gasteiger partial charge on any atom is 0.311 e. The quantitative estimate of drug-likeness (QED) is 0.358. The molecule has 0 aromatic heterocycles. The van der Waals surface area contributed by atoms with Crippen molar-refractivity contribution in [3.05, 3.63) is 24.5 Å². The third kappa shape index (κ3) is 6.14. The Labute approximate surface area is 80.3 Å². The van der Waals surface area contributed by atoms with E-state index in [-0.39, 0.29) is 5.97 Å². The van der Waals surface area contributed by atoms with E-state index in [0.717, 1.165) is 19.3 Å². The van der Waals surface area contributed by atoms with Crippen LogP contribution in [0.1, 0.15) is 39.5 Å². The van der Waals surface area contributed by atoms with E-state index >= 15 is 0 Å². The number of ether oxygens (including phenoxy) is 1. The van der Waals surface area contributed by atoms with Crippen LogP contribution in [0.15, 0.2) is 24.5 Å². The highest BCUT2D eigenvalue weighted by atomic mass is 16.5. The van der Waals surface area contributed by atoms with Gasteiger partial charge in [0.05, 0.1) is 0 Å². The number of carbonyl (C=O) groups is 1. The summed E-state index contributed by atoms with van der Waals surface area (Å²) in [5.74, 6) is 0.407. The van der Waals surface area contributed by atoms with Gasteiger partial charge in [-0.1, -0.05) is 26.8 Å². The van der Waals surface area contributed by atoms with Gasteiger partial charge in [0.1, 0.15) is 5.76 Å². The fraction of sp³-hybridized carbons (Fsp3) is 0.545. The van der Waals surface area contributed by atoms with Crippen LogP contribution in [0.25, 0.3) is 0 Å². The Hall–Kier alpha value is -1.05. The average Bonchev–Trinajstić information content (AvgIpc) is 2.14. The molecule has 0 saturated carbocycles. The summed E-state index contributed by atoms with van der Waals surface area (Å²) in [7, 11) is 0. The van der Waals surface area contributed by atoms with Crippen molar-refractivity contribution in [1.82, 2.24) is 0 Å². The Bertz CT molecular complexity index is 192. The third-order valence-corrected chi connectivity index (χ3v) is 1.57. The van der Waals surface area contributed by atoms with E-state index in [0.29, 0.717) is 12.2 Å². The molecule has 2 nitrogen and oxygen atoms in total. The second-order valence-electron chi connectivity index (χ2n) is 2.80. The van der Waals surface area contributed by atoms with Crippen LogP contribution in [-0.2, 0) is 9.53 Å². The first-order valence-corrected chi connectivity index (χ1v) is 4.77. The third-order valence-electron chi connectivity index (χ3n) is 1.57. The number of hydrogen-bond donors (Lipinski definition) is 0. The van der Waals surface area contributed by atoms with Gasteiger partial charge in [-0.2, -0.15) is 0 Å². The van der Waals surface area contributed by atoms with Crippen LogP contribution < -0.4 is 0 Å². The van der Waals surface area contributed by atoms with Crippen LogP contribution in [0.4, 0.5) is 0 Å². The molecular weight excluding hydrogens is 164 g/mol. The number of unbranched alkanes of at least 4 members (excludes halogenated alkanes) is 1. The smallest absolute Gasteiger partial charge is 0.311 e. The molecule has 0 spiro atoms. The van der Waals surface area contributed by atoms with Crippen LogP contribution in [0.5, 0.6) is 0 Å². The van der Waals surface area contributed by atoms with Gasteiger partial charge >= 0.3 is 5.97 Å². The lowest BCUT2D eigenvalue weighted by atomic mass is 10.2. The Morgan fingerprint density at radius 1 is 1.46 bits per heavy atom. The predicted molar refractivity (Wildman–Crippen MR) is 54.2 cm³/mol. The average molecular weight is 182 g/mol. The summed E-state index contributed by atoms with van der Waals surface area (Å²) in [6.07, 6.45) is 6.64. The van der Waals surface area contributed by atoms with E-state index in [1.807, 2.05) is 19.9 Å². The fourth-order valence-corrected chi connectivity index (χ4v) is 0.871. The van der Waals surface area contributed by atoms with Crippen LogP contribution in [0.2, 0.25) is 0 Å². The van der Waals surface area contributed by atoms with Crippen LogP contribution in [0.3, 0.4) is 0 Å². The van der Waals surface area contributed by atoms with Gasteiger partial charge in [-0.3, -0.25) is 4.79 Å². The molecule has 0 heterocycles. The molecule has 0 N–H and O–H groups in total. The van der Waals surface area contributed by atoms with E-state index in [9.17, 15) is 4.79 Å². The Kier molecular flexibility index (Phi) is 6.98. The fourth-order valence-electron chi connectivity index (χ4n) is 0.871. The molecule has 0 amide bonds. The molecule has 0 aliphatic carbocycles. The minimum Gasteiger partial charge on any atom is -0.427 e. The molecule has 0 fully saturated rings. The van der Waals surface area contributed by atoms with Gasteiger partial charge in [-0.25, -0.2) is 0 Å². The molecule has 0 unspecified atom stereocenters. The standard InChI is InChI=1S/C11H18O2/c1-4-7-9-11(12)13-10(6-3)8-5-2/h6,8H,3-5,7,9H2,1-2H3/b10-8+. The molecule has 13 heavy (non-hydrogen) atoms. The monoisotopic (exact) mass is 182 g/mol. The molecule has 2 heteroatoms. The first-order valence-electron chi connectivity index (χ1n) is 4.77. The number of hydrogen-bond acceptors (Lipinski definition) is 2. The summed E-state index contributed by atoms with van der Waals surface area (Å²) >= 11 is 0. The summed E-state index contributed by atoms with van der Waals surface area (Å²) < 4.78 is 5.05. The van der Waals surface area contributed by atoms with Gasteiger partial charge in [0.15, 0.2) is 0 Å². The van der Waals surface area contributed by atoms with E-state index < -0.39 is 0 Å². The lowest BCUT2D eigenvalue weighted by Crippen LogP contribution is -2.02. The van der Waals surface area contributed by atoms with Gasteiger partial charge in [0.2, 0.25) is 0 Å². The normalized spacial score (nSPS) is 11.1. The topological polar surface area (TPSA) is 26.3 Å². The van der Waals surface area contributed by atoms with Crippen molar-refractivity contribution in [3.63, 3.8) is 0 Å². The van der Waals surface area contributed by atoms with E-state index in [1.54, 1.807) is 6.08 Å². The second kappa shape index (κ2) is 7.59. The molecule has 0 aliphatic rings. The van der Waals surface area contributed by atoms with Crippen LogP contribution in [-0.4, -0.2) is 5.97 Å². The number of allylic oxidation sites excluding steroid dienone is 2. The van der Waals surface area contributed by atoms with Crippen molar-refractivity contribution < 1.29 is 9.53 Å². The van der Waals surface area contributed by atoms with Gasteiger partial charge in [-0.15, -0.1) is 0 Å². The highest BCUT2D eigenvalue weighted by molar-refractivity contribution is 5.70. The zero-order valence-corrected chi connectivity index (χ0v) is 8.51. The molecule has 0 rings (SSSR count). The van der Waals surface area contributed by atoms with Crippen LogP contribution >= 0.6 is 0 Å². The molecular formula is C11H18O2. The number of esters is 1. The molecule has 0 radical (unpaired) electrons. The Balaban J connectivity index is 3.87. The molecule has 0 aliphatic heterocycles.